The van der Waals surface area contributed by atoms with Crippen LogP contribution in [0.5, 0.6) is 0 Å². The second-order valence-electron chi connectivity index (χ2n) is 6.66. The molecule has 2 atom stereocenters. The van der Waals surface area contributed by atoms with Crippen molar-refractivity contribution >= 4 is 20.4 Å². The highest BCUT2D eigenvalue weighted by molar-refractivity contribution is 6.65. The van der Waals surface area contributed by atoms with Gasteiger partial charge in [0.1, 0.15) is 0 Å². The van der Waals surface area contributed by atoms with Crippen LogP contribution in [-0.4, -0.2) is 60.3 Å². The molecule has 0 rings (SSSR count). The van der Waals surface area contributed by atoms with Gasteiger partial charge in [-0.3, -0.25) is 9.59 Å². The third-order valence-corrected chi connectivity index (χ3v) is 7.36. The summed E-state index contributed by atoms with van der Waals surface area (Å²) in [6.45, 7) is 10.3. The zero-order chi connectivity index (χ0) is 20.0. The van der Waals surface area contributed by atoms with Crippen LogP contribution in [-0.2, 0) is 23.2 Å². The van der Waals surface area contributed by atoms with Crippen molar-refractivity contribution in [1.29, 1.82) is 0 Å². The Morgan fingerprint density at radius 1 is 1.00 bits per heavy atom. The molecule has 0 aromatic heterocycles. The Balaban J connectivity index is 0. The summed E-state index contributed by atoms with van der Waals surface area (Å²) < 4.78 is 15.8. The highest BCUT2D eigenvalue weighted by Gasteiger charge is 2.28. The number of carbonyl (C=O) groups is 2. The van der Waals surface area contributed by atoms with Gasteiger partial charge in [-0.15, -0.1) is 0 Å². The molecule has 6 nitrogen and oxygen atoms in total. The molecule has 0 aromatic rings. The summed E-state index contributed by atoms with van der Waals surface area (Å²) >= 11 is 0. The quantitative estimate of drug-likeness (QED) is 0.331. The van der Waals surface area contributed by atoms with Crippen LogP contribution in [0.3, 0.4) is 0 Å². The van der Waals surface area contributed by atoms with E-state index in [4.69, 9.17) is 13.6 Å². The Bertz CT molecular complexity index is 372. The molecule has 0 radical (unpaired) electrons. The van der Waals surface area contributed by atoms with E-state index in [0.717, 1.165) is 25.3 Å². The fourth-order valence-electron chi connectivity index (χ4n) is 1.78. The van der Waals surface area contributed by atoms with Gasteiger partial charge in [0.05, 0.1) is 12.5 Å². The van der Waals surface area contributed by atoms with Gasteiger partial charge in [-0.25, -0.2) is 0 Å². The number of ether oxygens (including phenoxy) is 1. The molecule has 0 N–H and O–H groups in total. The fourth-order valence-corrected chi connectivity index (χ4v) is 3.14. The number of amides is 1. The van der Waals surface area contributed by atoms with Crippen molar-refractivity contribution in [2.45, 2.75) is 59.5 Å². The van der Waals surface area contributed by atoms with Crippen molar-refractivity contribution in [2.24, 2.45) is 11.8 Å². The van der Waals surface area contributed by atoms with Gasteiger partial charge in [0.25, 0.3) is 0 Å². The Morgan fingerprint density at radius 2 is 1.48 bits per heavy atom. The lowest BCUT2D eigenvalue weighted by Crippen LogP contribution is -2.36. The second-order valence-corrected chi connectivity index (χ2v) is 10.2. The molecule has 25 heavy (non-hydrogen) atoms. The normalized spacial score (nSPS) is 13.3. The lowest BCUT2D eigenvalue weighted by Gasteiger charge is -2.22. The minimum atomic E-state index is -2.00. The van der Waals surface area contributed by atoms with Gasteiger partial charge in [-0.1, -0.05) is 27.7 Å². The highest BCUT2D eigenvalue weighted by Crippen LogP contribution is 2.14. The molecule has 0 saturated carbocycles. The van der Waals surface area contributed by atoms with Crippen molar-refractivity contribution in [3.8, 4) is 0 Å². The maximum atomic E-state index is 11.4. The van der Waals surface area contributed by atoms with Crippen LogP contribution in [0, 0.1) is 11.8 Å². The Morgan fingerprint density at radius 3 is 1.80 bits per heavy atom. The zero-order valence-corrected chi connectivity index (χ0v) is 18.7. The van der Waals surface area contributed by atoms with Gasteiger partial charge in [0.15, 0.2) is 0 Å². The molecule has 7 heteroatoms. The standard InChI is InChI=1S/C11H24O4Si.C7H15NO/c1-6-10(2)11(12)15-8-7-9-16(5,13-3)14-4;1-5-6(2)7(9)8(3)4/h10H,6-9H2,1-5H3;6H,5H2,1-4H3. The molecule has 0 fully saturated rings. The number of nitrogens with zero attached hydrogens (tertiary/aromatic N) is 1. The summed E-state index contributed by atoms with van der Waals surface area (Å²) in [6.07, 6.45) is 2.55. The molecule has 0 aliphatic heterocycles. The van der Waals surface area contributed by atoms with E-state index in [1.165, 1.54) is 0 Å². The van der Waals surface area contributed by atoms with Gasteiger partial charge in [0, 0.05) is 34.2 Å². The molecule has 1 amide bonds. The van der Waals surface area contributed by atoms with E-state index in [9.17, 15) is 9.59 Å². The Hall–Kier alpha value is -0.923. The van der Waals surface area contributed by atoms with Crippen LogP contribution in [0.25, 0.3) is 0 Å². The maximum Gasteiger partial charge on any atom is 0.334 e. The van der Waals surface area contributed by atoms with E-state index in [0.29, 0.717) is 6.61 Å². The summed E-state index contributed by atoms with van der Waals surface area (Å²) in [4.78, 5) is 24.0. The number of rotatable bonds is 10. The summed E-state index contributed by atoms with van der Waals surface area (Å²) in [5.74, 6) is 0.284. The first-order chi connectivity index (χ1) is 11.6. The minimum Gasteiger partial charge on any atom is -0.465 e. The van der Waals surface area contributed by atoms with Crippen LogP contribution in [0.2, 0.25) is 12.6 Å². The van der Waals surface area contributed by atoms with Gasteiger partial charge in [0.2, 0.25) is 5.91 Å². The van der Waals surface area contributed by atoms with Crippen molar-refractivity contribution in [1.82, 2.24) is 4.90 Å². The van der Waals surface area contributed by atoms with Crippen molar-refractivity contribution in [2.75, 3.05) is 34.9 Å². The number of carbonyl (C=O) groups excluding carboxylic acids is 2. The summed E-state index contributed by atoms with van der Waals surface area (Å²) in [7, 11) is 4.91. The predicted octanol–water partition coefficient (Wildman–Crippen LogP) is 3.45. The summed E-state index contributed by atoms with van der Waals surface area (Å²) in [6, 6.07) is 0.841. The minimum absolute atomic E-state index is 0.00604. The topological polar surface area (TPSA) is 65.1 Å². The largest absolute Gasteiger partial charge is 0.465 e. The van der Waals surface area contributed by atoms with Crippen LogP contribution in [0.15, 0.2) is 0 Å². The van der Waals surface area contributed by atoms with E-state index in [1.807, 2.05) is 34.2 Å². The average Bonchev–Trinajstić information content (AvgIpc) is 2.62. The van der Waals surface area contributed by atoms with Crippen molar-refractivity contribution in [3.63, 3.8) is 0 Å². The monoisotopic (exact) mass is 377 g/mol. The molecule has 0 saturated heterocycles. The SMILES string of the molecule is CCC(C)C(=O)N(C)C.CCC(C)C(=O)OCCC[Si](C)(OC)OC. The van der Waals surface area contributed by atoms with Crippen molar-refractivity contribution < 1.29 is 23.2 Å². The lowest BCUT2D eigenvalue weighted by atomic mass is 10.1. The predicted molar refractivity (Wildman–Crippen MR) is 104 cm³/mol. The molecule has 0 aromatic carbocycles. The number of hydrogen-bond acceptors (Lipinski definition) is 5. The van der Waals surface area contributed by atoms with Gasteiger partial charge in [-0.2, -0.15) is 0 Å². The first-order valence-electron chi connectivity index (χ1n) is 9.06. The molecule has 150 valence electrons. The molecular weight excluding hydrogens is 338 g/mol. The molecule has 0 aliphatic rings. The summed E-state index contributed by atoms with van der Waals surface area (Å²) in [5, 5.41) is 0. The first kappa shape index (κ1) is 26.3. The summed E-state index contributed by atoms with van der Waals surface area (Å²) in [5.41, 5.74) is 0. The molecule has 0 spiro atoms. The van der Waals surface area contributed by atoms with E-state index < -0.39 is 8.56 Å². The smallest absolute Gasteiger partial charge is 0.334 e. The van der Waals surface area contributed by atoms with E-state index in [2.05, 4.69) is 0 Å². The average molecular weight is 378 g/mol. The van der Waals surface area contributed by atoms with E-state index in [-0.39, 0.29) is 23.7 Å². The maximum absolute atomic E-state index is 11.4. The molecule has 0 aliphatic carbocycles. The second kappa shape index (κ2) is 14.3. The third kappa shape index (κ3) is 12.1. The molecule has 2 unspecified atom stereocenters. The molecular formula is C18H39NO5Si. The highest BCUT2D eigenvalue weighted by atomic mass is 28.4. The van der Waals surface area contributed by atoms with E-state index >= 15 is 0 Å². The number of esters is 1. The first-order valence-corrected chi connectivity index (χ1v) is 11.6. The lowest BCUT2D eigenvalue weighted by molar-refractivity contribution is -0.148. The van der Waals surface area contributed by atoms with Crippen LogP contribution < -0.4 is 0 Å². The molecule has 0 heterocycles. The van der Waals surface area contributed by atoms with E-state index in [1.54, 1.807) is 33.2 Å². The van der Waals surface area contributed by atoms with Gasteiger partial charge < -0.3 is 18.5 Å². The Labute approximate surface area is 155 Å². The zero-order valence-electron chi connectivity index (χ0n) is 17.7. The molecule has 0 bridgehead atoms. The van der Waals surface area contributed by atoms with Gasteiger partial charge >= 0.3 is 14.5 Å². The van der Waals surface area contributed by atoms with Gasteiger partial charge in [-0.05, 0) is 31.9 Å². The van der Waals surface area contributed by atoms with Crippen molar-refractivity contribution in [3.05, 3.63) is 0 Å². The number of hydrogen-bond donors (Lipinski definition) is 0. The third-order valence-electron chi connectivity index (χ3n) is 4.37. The van der Waals surface area contributed by atoms with Crippen LogP contribution in [0.1, 0.15) is 47.0 Å². The van der Waals surface area contributed by atoms with Crippen LogP contribution in [0.4, 0.5) is 0 Å². The Kier molecular flexibility index (Phi) is 15.0. The van der Waals surface area contributed by atoms with Crippen LogP contribution >= 0.6 is 0 Å². The fraction of sp³-hybridized carbons (Fsp3) is 0.889.